The Labute approximate surface area is 193 Å². The lowest BCUT2D eigenvalue weighted by molar-refractivity contribution is 0.177. The Morgan fingerprint density at radius 2 is 2.00 bits per heavy atom. The molecule has 1 aliphatic rings. The van der Waals surface area contributed by atoms with E-state index in [4.69, 9.17) is 9.47 Å². The fourth-order valence-electron chi connectivity index (χ4n) is 3.48. The maximum atomic E-state index is 11.5. The number of para-hydroxylation sites is 1. The second kappa shape index (κ2) is 9.88. The lowest BCUT2D eigenvalue weighted by Crippen LogP contribution is -2.28. The summed E-state index contributed by atoms with van der Waals surface area (Å²) in [5.41, 5.74) is 5.30. The van der Waals surface area contributed by atoms with Crippen molar-refractivity contribution in [1.82, 2.24) is 10.3 Å². The molecule has 1 aromatic heterocycles. The molecule has 1 unspecified atom stereocenters. The average Bonchev–Trinajstić information content (AvgIpc) is 3.29. The Morgan fingerprint density at radius 3 is 2.73 bits per heavy atom. The van der Waals surface area contributed by atoms with E-state index in [9.17, 15) is 4.79 Å². The average molecular weight is 437 g/mol. The first kappa shape index (κ1) is 21.9. The number of hydrogen-bond acceptors (Lipinski definition) is 4. The van der Waals surface area contributed by atoms with Crippen LogP contribution in [0.1, 0.15) is 18.1 Å². The Kier molecular flexibility index (Phi) is 6.56. The highest BCUT2D eigenvalue weighted by molar-refractivity contribution is 5.83. The van der Waals surface area contributed by atoms with Gasteiger partial charge in [-0.1, -0.05) is 60.9 Å². The number of nitrogens with zero attached hydrogens (tertiary/aromatic N) is 1. The molecule has 1 aliphatic heterocycles. The van der Waals surface area contributed by atoms with Gasteiger partial charge in [0, 0.05) is 17.1 Å². The fraction of sp³-hybridized carbons (Fsp3) is 0.143. The highest BCUT2D eigenvalue weighted by Crippen LogP contribution is 2.28. The van der Waals surface area contributed by atoms with Crippen LogP contribution in [0.2, 0.25) is 0 Å². The number of benzene rings is 2. The van der Waals surface area contributed by atoms with Gasteiger partial charge in [0.25, 0.3) is 0 Å². The van der Waals surface area contributed by atoms with Crippen molar-refractivity contribution in [2.75, 3.05) is 13.7 Å². The minimum atomic E-state index is -0.434. The molecule has 2 heterocycles. The molecule has 5 nitrogen and oxygen atoms in total. The summed E-state index contributed by atoms with van der Waals surface area (Å²) >= 11 is 0. The van der Waals surface area contributed by atoms with Gasteiger partial charge in [-0.15, -0.1) is 0 Å². The van der Waals surface area contributed by atoms with Crippen molar-refractivity contribution in [3.05, 3.63) is 102 Å². The summed E-state index contributed by atoms with van der Waals surface area (Å²) in [6.45, 7) is 6.43. The maximum Gasteiger partial charge on any atom is 0.407 e. The number of cyclic esters (lactones) is 1. The van der Waals surface area contributed by atoms with E-state index in [-0.39, 0.29) is 12.6 Å². The number of hydrogen-bond donors (Lipinski definition) is 1. The van der Waals surface area contributed by atoms with Crippen molar-refractivity contribution < 1.29 is 14.3 Å². The van der Waals surface area contributed by atoms with Crippen LogP contribution in [0.4, 0.5) is 4.79 Å². The minimum absolute atomic E-state index is 0.253. The maximum absolute atomic E-state index is 11.5. The summed E-state index contributed by atoms with van der Waals surface area (Å²) in [5, 5.41) is 3.85. The first-order chi connectivity index (χ1) is 16.0. The normalized spacial score (nSPS) is 15.9. The number of carbonyl (C=O) groups excluding carboxylic acids is 1. The topological polar surface area (TPSA) is 60.5 Å². The number of nitrogens with one attached hydrogen (secondary N) is 1. The molecule has 0 bridgehead atoms. The quantitative estimate of drug-likeness (QED) is 0.436. The van der Waals surface area contributed by atoms with E-state index in [1.807, 2.05) is 73.7 Å². The zero-order chi connectivity index (χ0) is 23.2. The smallest absolute Gasteiger partial charge is 0.407 e. The number of carbonyl (C=O) groups is 1. The van der Waals surface area contributed by atoms with E-state index in [2.05, 4.69) is 28.7 Å². The second-order valence-electron chi connectivity index (χ2n) is 7.65. The second-order valence-corrected chi connectivity index (χ2v) is 7.65. The van der Waals surface area contributed by atoms with Crippen LogP contribution in [0, 0.1) is 11.8 Å². The number of ether oxygens (including phenoxy) is 2. The van der Waals surface area contributed by atoms with E-state index in [0.717, 1.165) is 44.5 Å². The molecule has 33 heavy (non-hydrogen) atoms. The van der Waals surface area contributed by atoms with Gasteiger partial charge in [-0.3, -0.25) is 4.98 Å². The number of alkyl carbamates (subject to hydrolysis) is 1. The zero-order valence-corrected chi connectivity index (χ0v) is 18.6. The minimum Gasteiger partial charge on any atom is -0.497 e. The van der Waals surface area contributed by atoms with Crippen molar-refractivity contribution in [3.63, 3.8) is 0 Å². The summed E-state index contributed by atoms with van der Waals surface area (Å²) < 4.78 is 10.3. The van der Waals surface area contributed by atoms with Crippen LogP contribution in [-0.4, -0.2) is 30.8 Å². The van der Waals surface area contributed by atoms with Gasteiger partial charge in [-0.2, -0.15) is 0 Å². The van der Waals surface area contributed by atoms with Crippen molar-refractivity contribution >= 4 is 22.6 Å². The monoisotopic (exact) mass is 436 g/mol. The molecule has 0 aliphatic carbocycles. The lowest BCUT2D eigenvalue weighted by atomic mass is 9.93. The third-order valence-corrected chi connectivity index (χ3v) is 5.34. The summed E-state index contributed by atoms with van der Waals surface area (Å²) in [6.07, 6.45) is 5.27. The number of aromatic nitrogens is 1. The Hall–Kier alpha value is -4.30. The number of rotatable bonds is 5. The van der Waals surface area contributed by atoms with Gasteiger partial charge in [-0.05, 0) is 53.5 Å². The van der Waals surface area contributed by atoms with E-state index in [1.54, 1.807) is 13.3 Å². The molecular formula is C28H24N2O3. The molecule has 1 saturated heterocycles. The predicted molar refractivity (Wildman–Crippen MR) is 131 cm³/mol. The number of pyridine rings is 1. The van der Waals surface area contributed by atoms with Crippen molar-refractivity contribution in [3.8, 4) is 17.6 Å². The lowest BCUT2D eigenvalue weighted by Gasteiger charge is -2.16. The SMILES string of the molecule is C=C(C(=CC=C(C)C#Cc1cnc2ccccc2c1)c1ccc(OC)cc1)C1COC(=O)N1. The standard InChI is InChI=1S/C28H24N2O3/c1-19(8-10-21-16-23-6-4-5-7-26(23)29-17-21)9-15-25(20(2)27-18-33-28(31)30-27)22-11-13-24(32-3)14-12-22/h4-7,9,11-17,27H,2,18H2,1,3H3,(H,30,31). The molecule has 0 saturated carbocycles. The molecular weight excluding hydrogens is 412 g/mol. The predicted octanol–water partition coefficient (Wildman–Crippen LogP) is 5.29. The first-order valence-corrected chi connectivity index (χ1v) is 10.6. The number of amides is 1. The summed E-state index contributed by atoms with van der Waals surface area (Å²) in [7, 11) is 1.63. The molecule has 1 atom stereocenters. The first-order valence-electron chi connectivity index (χ1n) is 10.6. The number of allylic oxidation sites excluding steroid dienone is 3. The molecule has 2 aromatic carbocycles. The Morgan fingerprint density at radius 1 is 1.21 bits per heavy atom. The molecule has 1 fully saturated rings. The molecule has 1 amide bonds. The van der Waals surface area contributed by atoms with Gasteiger partial charge in [0.15, 0.2) is 0 Å². The van der Waals surface area contributed by atoms with Crippen LogP contribution in [0.3, 0.4) is 0 Å². The van der Waals surface area contributed by atoms with Crippen LogP contribution in [0.15, 0.2) is 90.7 Å². The highest BCUT2D eigenvalue weighted by atomic mass is 16.6. The van der Waals surface area contributed by atoms with Crippen LogP contribution >= 0.6 is 0 Å². The van der Waals surface area contributed by atoms with Gasteiger partial charge in [0.1, 0.15) is 12.4 Å². The molecule has 1 N–H and O–H groups in total. The third kappa shape index (κ3) is 5.31. The Bertz CT molecular complexity index is 1320. The number of methoxy groups -OCH3 is 1. The molecule has 4 rings (SSSR count). The van der Waals surface area contributed by atoms with Gasteiger partial charge in [0.2, 0.25) is 0 Å². The molecule has 164 valence electrons. The van der Waals surface area contributed by atoms with Gasteiger partial charge < -0.3 is 14.8 Å². The van der Waals surface area contributed by atoms with E-state index in [0.29, 0.717) is 0 Å². The number of fused-ring (bicyclic) bond motifs is 1. The van der Waals surface area contributed by atoms with Crippen LogP contribution in [0.25, 0.3) is 16.5 Å². The van der Waals surface area contributed by atoms with E-state index in [1.165, 1.54) is 0 Å². The largest absolute Gasteiger partial charge is 0.497 e. The van der Waals surface area contributed by atoms with Crippen LogP contribution < -0.4 is 10.1 Å². The molecule has 0 spiro atoms. The zero-order valence-electron chi connectivity index (χ0n) is 18.6. The molecule has 5 heteroatoms. The summed E-state index contributed by atoms with van der Waals surface area (Å²) in [4.78, 5) is 16.0. The summed E-state index contributed by atoms with van der Waals surface area (Å²) in [6, 6.07) is 17.4. The van der Waals surface area contributed by atoms with Crippen LogP contribution in [-0.2, 0) is 4.74 Å². The van der Waals surface area contributed by atoms with Gasteiger partial charge in [0.05, 0.1) is 18.7 Å². The van der Waals surface area contributed by atoms with Crippen LogP contribution in [0.5, 0.6) is 5.75 Å². The molecule has 0 radical (unpaired) electrons. The van der Waals surface area contributed by atoms with E-state index >= 15 is 0 Å². The van der Waals surface area contributed by atoms with E-state index < -0.39 is 6.09 Å². The van der Waals surface area contributed by atoms with Crippen molar-refractivity contribution in [1.29, 1.82) is 0 Å². The third-order valence-electron chi connectivity index (χ3n) is 5.34. The van der Waals surface area contributed by atoms with Crippen molar-refractivity contribution in [2.24, 2.45) is 0 Å². The molecule has 3 aromatic rings. The van der Waals surface area contributed by atoms with Crippen molar-refractivity contribution in [2.45, 2.75) is 13.0 Å². The van der Waals surface area contributed by atoms with Gasteiger partial charge in [-0.25, -0.2) is 4.79 Å². The fourth-order valence-corrected chi connectivity index (χ4v) is 3.48. The highest BCUT2D eigenvalue weighted by Gasteiger charge is 2.26. The summed E-state index contributed by atoms with van der Waals surface area (Å²) in [5.74, 6) is 7.13. The van der Waals surface area contributed by atoms with Gasteiger partial charge >= 0.3 is 6.09 Å². The Balaban J connectivity index is 1.62.